The van der Waals surface area contributed by atoms with Gasteiger partial charge in [-0.3, -0.25) is 4.99 Å². The van der Waals surface area contributed by atoms with Gasteiger partial charge in [0, 0.05) is 26.6 Å². The molecule has 0 atom stereocenters. The smallest absolute Gasteiger partial charge is 0.356 e. The molecule has 0 aromatic heterocycles. The summed E-state index contributed by atoms with van der Waals surface area (Å²) in [6, 6.07) is 9.82. The van der Waals surface area contributed by atoms with Crippen molar-refractivity contribution >= 4 is 5.96 Å². The van der Waals surface area contributed by atoms with Crippen molar-refractivity contribution in [2.75, 3.05) is 13.6 Å². The molecule has 0 saturated carbocycles. The second kappa shape index (κ2) is 8.45. The van der Waals surface area contributed by atoms with Gasteiger partial charge in [0.2, 0.25) is 0 Å². The summed E-state index contributed by atoms with van der Waals surface area (Å²) in [7, 11) is 1.63. The first-order valence-electron chi connectivity index (χ1n) is 6.56. The van der Waals surface area contributed by atoms with Crippen molar-refractivity contribution in [1.29, 1.82) is 0 Å². The fourth-order valence-corrected chi connectivity index (χ4v) is 1.66. The minimum Gasteiger partial charge on any atom is -0.356 e. The molecule has 0 spiro atoms. The zero-order valence-electron chi connectivity index (χ0n) is 11.5. The first kappa shape index (κ1) is 16.3. The first-order chi connectivity index (χ1) is 9.51. The number of nitrogens with zero attached hydrogens (tertiary/aromatic N) is 1. The van der Waals surface area contributed by atoms with Gasteiger partial charge in [0.15, 0.2) is 5.96 Å². The molecule has 0 aliphatic rings. The maximum Gasteiger partial charge on any atom is 0.389 e. The maximum absolute atomic E-state index is 12.0. The lowest BCUT2D eigenvalue weighted by molar-refractivity contribution is -0.135. The van der Waals surface area contributed by atoms with Gasteiger partial charge in [-0.2, -0.15) is 13.2 Å². The van der Waals surface area contributed by atoms with Crippen LogP contribution in [0.15, 0.2) is 35.3 Å². The topological polar surface area (TPSA) is 36.4 Å². The van der Waals surface area contributed by atoms with E-state index in [1.807, 2.05) is 30.3 Å². The molecule has 0 amide bonds. The second-order valence-electron chi connectivity index (χ2n) is 4.41. The predicted octanol–water partition coefficient (Wildman–Crippen LogP) is 3.08. The van der Waals surface area contributed by atoms with Crippen molar-refractivity contribution in [2.24, 2.45) is 4.99 Å². The van der Waals surface area contributed by atoms with Crippen LogP contribution in [0.1, 0.15) is 24.8 Å². The van der Waals surface area contributed by atoms with Gasteiger partial charge in [-0.05, 0) is 18.4 Å². The minimum atomic E-state index is -4.06. The summed E-state index contributed by atoms with van der Waals surface area (Å²) in [5.74, 6) is 0.598. The monoisotopic (exact) mass is 287 g/mol. The van der Waals surface area contributed by atoms with Crippen LogP contribution in [0.2, 0.25) is 0 Å². The molecule has 0 fully saturated rings. The second-order valence-corrected chi connectivity index (χ2v) is 4.41. The average Bonchev–Trinajstić information content (AvgIpc) is 2.42. The van der Waals surface area contributed by atoms with Gasteiger partial charge in [0.25, 0.3) is 0 Å². The third-order valence-corrected chi connectivity index (χ3v) is 2.71. The van der Waals surface area contributed by atoms with Crippen molar-refractivity contribution in [2.45, 2.75) is 32.0 Å². The molecule has 3 nitrogen and oxygen atoms in total. The number of rotatable bonds is 6. The molecule has 1 rings (SSSR count). The van der Waals surface area contributed by atoms with E-state index in [1.54, 1.807) is 7.05 Å². The van der Waals surface area contributed by atoms with Crippen molar-refractivity contribution in [3.8, 4) is 0 Å². The van der Waals surface area contributed by atoms with Crippen molar-refractivity contribution < 1.29 is 13.2 Å². The number of halogens is 3. The van der Waals surface area contributed by atoms with E-state index in [0.717, 1.165) is 5.56 Å². The van der Waals surface area contributed by atoms with E-state index in [4.69, 9.17) is 0 Å². The number of nitrogens with one attached hydrogen (secondary N) is 2. The summed E-state index contributed by atoms with van der Waals surface area (Å²) in [4.78, 5) is 4.02. The van der Waals surface area contributed by atoms with Gasteiger partial charge in [-0.1, -0.05) is 30.3 Å². The number of hydrogen-bond donors (Lipinski definition) is 2. The van der Waals surface area contributed by atoms with Crippen LogP contribution in [0.5, 0.6) is 0 Å². The summed E-state index contributed by atoms with van der Waals surface area (Å²) >= 11 is 0. The number of hydrogen-bond acceptors (Lipinski definition) is 1. The van der Waals surface area contributed by atoms with Crippen molar-refractivity contribution in [1.82, 2.24) is 10.6 Å². The van der Waals surface area contributed by atoms with Crippen LogP contribution in [-0.2, 0) is 6.54 Å². The highest BCUT2D eigenvalue weighted by Gasteiger charge is 2.25. The van der Waals surface area contributed by atoms with E-state index in [9.17, 15) is 13.2 Å². The molecule has 6 heteroatoms. The van der Waals surface area contributed by atoms with Crippen LogP contribution in [0.4, 0.5) is 13.2 Å². The summed E-state index contributed by atoms with van der Waals surface area (Å²) in [5, 5.41) is 6.11. The normalized spacial score (nSPS) is 12.3. The Morgan fingerprint density at radius 1 is 1.10 bits per heavy atom. The van der Waals surface area contributed by atoms with Crippen LogP contribution in [0.3, 0.4) is 0 Å². The number of aliphatic imine (C=N–C) groups is 1. The molecular weight excluding hydrogens is 267 g/mol. The molecule has 1 aromatic rings. The molecule has 112 valence electrons. The van der Waals surface area contributed by atoms with Gasteiger partial charge < -0.3 is 10.6 Å². The SMILES string of the molecule is CN=C(NCCCCC(F)(F)F)NCc1ccccc1. The van der Waals surface area contributed by atoms with Gasteiger partial charge in [0.05, 0.1) is 0 Å². The molecular formula is C14H20F3N3. The lowest BCUT2D eigenvalue weighted by Crippen LogP contribution is -2.37. The third-order valence-electron chi connectivity index (χ3n) is 2.71. The van der Waals surface area contributed by atoms with Gasteiger partial charge in [-0.15, -0.1) is 0 Å². The summed E-state index contributed by atoms with van der Waals surface area (Å²) in [6.45, 7) is 1.10. The van der Waals surface area contributed by atoms with Gasteiger partial charge >= 0.3 is 6.18 Å². The number of alkyl halides is 3. The molecule has 20 heavy (non-hydrogen) atoms. The Kier molecular flexibility index (Phi) is 6.90. The van der Waals surface area contributed by atoms with E-state index in [-0.39, 0.29) is 6.42 Å². The van der Waals surface area contributed by atoms with Crippen molar-refractivity contribution in [3.63, 3.8) is 0 Å². The highest BCUT2D eigenvalue weighted by molar-refractivity contribution is 5.79. The lowest BCUT2D eigenvalue weighted by atomic mass is 10.2. The third kappa shape index (κ3) is 7.66. The van der Waals surface area contributed by atoms with E-state index in [2.05, 4.69) is 15.6 Å². The molecule has 0 heterocycles. The highest BCUT2D eigenvalue weighted by Crippen LogP contribution is 2.21. The van der Waals surface area contributed by atoms with Gasteiger partial charge in [0.1, 0.15) is 0 Å². The average molecular weight is 287 g/mol. The number of unbranched alkanes of at least 4 members (excludes halogenated alkanes) is 1. The Bertz CT molecular complexity index is 402. The quantitative estimate of drug-likeness (QED) is 0.479. The molecule has 0 unspecified atom stereocenters. The molecule has 0 bridgehead atoms. The van der Waals surface area contributed by atoms with Crippen LogP contribution < -0.4 is 10.6 Å². The number of guanidine groups is 1. The highest BCUT2D eigenvalue weighted by atomic mass is 19.4. The van der Waals surface area contributed by atoms with E-state index >= 15 is 0 Å². The van der Waals surface area contributed by atoms with Crippen molar-refractivity contribution in [3.05, 3.63) is 35.9 Å². The largest absolute Gasteiger partial charge is 0.389 e. The maximum atomic E-state index is 12.0. The number of benzene rings is 1. The Hall–Kier alpha value is -1.72. The molecule has 2 N–H and O–H groups in total. The zero-order chi connectivity index (χ0) is 14.8. The molecule has 0 aliphatic heterocycles. The van der Waals surface area contributed by atoms with Crippen LogP contribution in [-0.4, -0.2) is 25.7 Å². The van der Waals surface area contributed by atoms with Crippen LogP contribution in [0.25, 0.3) is 0 Å². The minimum absolute atomic E-state index is 0.131. The Labute approximate surface area is 117 Å². The first-order valence-corrected chi connectivity index (χ1v) is 6.56. The Morgan fingerprint density at radius 3 is 2.40 bits per heavy atom. The van der Waals surface area contributed by atoms with Crippen LogP contribution in [0, 0.1) is 0 Å². The standard InChI is InChI=1S/C14H20F3N3/c1-18-13(19-10-6-5-9-14(15,16)17)20-11-12-7-3-2-4-8-12/h2-4,7-8H,5-6,9-11H2,1H3,(H2,18,19,20). The molecule has 1 aromatic carbocycles. The zero-order valence-corrected chi connectivity index (χ0v) is 11.5. The van der Waals surface area contributed by atoms with E-state index < -0.39 is 12.6 Å². The molecule has 0 saturated heterocycles. The fourth-order valence-electron chi connectivity index (χ4n) is 1.66. The molecule has 0 radical (unpaired) electrons. The Morgan fingerprint density at radius 2 is 1.80 bits per heavy atom. The fraction of sp³-hybridized carbons (Fsp3) is 0.500. The molecule has 0 aliphatic carbocycles. The summed E-state index contributed by atoms with van der Waals surface area (Å²) in [5.41, 5.74) is 1.12. The lowest BCUT2D eigenvalue weighted by Gasteiger charge is -2.12. The summed E-state index contributed by atoms with van der Waals surface area (Å²) < 4.78 is 35.9. The Balaban J connectivity index is 2.17. The van der Waals surface area contributed by atoms with Gasteiger partial charge in [-0.25, -0.2) is 0 Å². The van der Waals surface area contributed by atoms with E-state index in [1.165, 1.54) is 0 Å². The van der Waals surface area contributed by atoms with E-state index in [0.29, 0.717) is 25.5 Å². The van der Waals surface area contributed by atoms with Crippen LogP contribution >= 0.6 is 0 Å². The predicted molar refractivity (Wildman–Crippen MR) is 74.5 cm³/mol. The summed E-state index contributed by atoms with van der Waals surface area (Å²) in [6.07, 6.45) is -4.20.